The number of carbonyl (C=O) groups is 3. The largest absolute Gasteiger partial charge is 0.480 e. The van der Waals surface area contributed by atoms with Gasteiger partial charge in [0.15, 0.2) is 0 Å². The highest BCUT2D eigenvalue weighted by Gasteiger charge is 2.39. The summed E-state index contributed by atoms with van der Waals surface area (Å²) in [5.41, 5.74) is 5.40. The van der Waals surface area contributed by atoms with Crippen molar-refractivity contribution in [2.24, 2.45) is 5.73 Å². The van der Waals surface area contributed by atoms with E-state index in [9.17, 15) is 19.5 Å². The van der Waals surface area contributed by atoms with E-state index in [1.54, 1.807) is 0 Å². The number of likely N-dealkylation sites (tertiary alicyclic amines) is 1. The van der Waals surface area contributed by atoms with Gasteiger partial charge in [0.1, 0.15) is 12.1 Å². The van der Waals surface area contributed by atoms with Gasteiger partial charge in [0.25, 0.3) is 0 Å². The molecular weight excluding hydrogens is 266 g/mol. The summed E-state index contributed by atoms with van der Waals surface area (Å²) in [6.45, 7) is 3.11. The molecule has 8 nitrogen and oxygen atoms in total. The number of carbonyl (C=O) groups excluding carboxylic acids is 2. The lowest BCUT2D eigenvalue weighted by atomic mass is 10.1. The fourth-order valence-electron chi connectivity index (χ4n) is 2.14. The zero-order valence-electron chi connectivity index (χ0n) is 11.6. The molecule has 0 saturated carbocycles. The molecule has 1 rings (SSSR count). The number of hydrogen-bond acceptors (Lipinski definition) is 5. The number of carboxylic acid groups (broad SMARTS) is 1. The van der Waals surface area contributed by atoms with Crippen molar-refractivity contribution in [2.75, 3.05) is 6.54 Å². The molecule has 1 aliphatic rings. The second-order valence-corrected chi connectivity index (χ2v) is 5.04. The zero-order valence-corrected chi connectivity index (χ0v) is 11.6. The van der Waals surface area contributed by atoms with Crippen molar-refractivity contribution in [1.82, 2.24) is 10.2 Å². The molecule has 20 heavy (non-hydrogen) atoms. The number of amides is 2. The average Bonchev–Trinajstić information content (AvgIpc) is 2.83. The number of aliphatic hydroxyl groups excluding tert-OH is 1. The van der Waals surface area contributed by atoms with Crippen LogP contribution >= 0.6 is 0 Å². The van der Waals surface area contributed by atoms with Gasteiger partial charge in [-0.25, -0.2) is 4.79 Å². The van der Waals surface area contributed by atoms with Gasteiger partial charge in [-0.15, -0.1) is 0 Å². The van der Waals surface area contributed by atoms with Crippen LogP contribution in [0.4, 0.5) is 0 Å². The van der Waals surface area contributed by atoms with Gasteiger partial charge in [-0.3, -0.25) is 9.59 Å². The van der Waals surface area contributed by atoms with Crippen LogP contribution in [0.15, 0.2) is 0 Å². The van der Waals surface area contributed by atoms with E-state index in [4.69, 9.17) is 10.8 Å². The minimum Gasteiger partial charge on any atom is -0.480 e. The van der Waals surface area contributed by atoms with Crippen molar-refractivity contribution < 1.29 is 24.6 Å². The lowest BCUT2D eigenvalue weighted by molar-refractivity contribution is -0.150. The number of nitrogens with one attached hydrogen (secondary N) is 1. The number of nitrogens with two attached hydrogens (primary N) is 1. The van der Waals surface area contributed by atoms with Crippen molar-refractivity contribution in [3.05, 3.63) is 0 Å². The normalized spacial score (nSPS) is 23.0. The smallest absolute Gasteiger partial charge is 0.326 e. The molecule has 2 amide bonds. The molecule has 4 atom stereocenters. The monoisotopic (exact) mass is 287 g/mol. The van der Waals surface area contributed by atoms with Gasteiger partial charge in [-0.05, 0) is 26.7 Å². The van der Waals surface area contributed by atoms with Gasteiger partial charge in [0.05, 0.1) is 12.1 Å². The number of aliphatic carboxylic acids is 1. The van der Waals surface area contributed by atoms with E-state index in [0.717, 1.165) is 0 Å². The number of hydrogen-bond donors (Lipinski definition) is 4. The van der Waals surface area contributed by atoms with Gasteiger partial charge < -0.3 is 26.2 Å². The minimum atomic E-state index is -1.19. The second kappa shape index (κ2) is 6.67. The maximum atomic E-state index is 12.3. The number of aliphatic hydroxyl groups is 1. The Labute approximate surface area is 116 Å². The maximum Gasteiger partial charge on any atom is 0.326 e. The van der Waals surface area contributed by atoms with E-state index in [2.05, 4.69) is 5.32 Å². The summed E-state index contributed by atoms with van der Waals surface area (Å²) in [5.74, 6) is -2.26. The summed E-state index contributed by atoms with van der Waals surface area (Å²) in [6.07, 6.45) is -0.189. The Bertz CT molecular complexity index is 397. The summed E-state index contributed by atoms with van der Waals surface area (Å²) in [5, 5.41) is 21.1. The van der Waals surface area contributed by atoms with Crippen LogP contribution in [0, 0.1) is 0 Å². The molecule has 0 aromatic carbocycles. The molecule has 0 spiro atoms. The first kappa shape index (κ1) is 16.4. The lowest BCUT2D eigenvalue weighted by Gasteiger charge is -2.29. The van der Waals surface area contributed by atoms with Crippen LogP contribution in [0.3, 0.4) is 0 Å². The third-order valence-corrected chi connectivity index (χ3v) is 3.28. The van der Waals surface area contributed by atoms with Crippen molar-refractivity contribution in [3.63, 3.8) is 0 Å². The van der Waals surface area contributed by atoms with Crippen molar-refractivity contribution in [2.45, 2.75) is 50.9 Å². The zero-order chi connectivity index (χ0) is 15.4. The van der Waals surface area contributed by atoms with E-state index >= 15 is 0 Å². The Kier molecular flexibility index (Phi) is 5.46. The summed E-state index contributed by atoms with van der Waals surface area (Å²) in [4.78, 5) is 36.1. The number of carboxylic acids is 1. The molecule has 0 aromatic heterocycles. The van der Waals surface area contributed by atoms with Gasteiger partial charge in [0, 0.05) is 6.54 Å². The molecule has 114 valence electrons. The topological polar surface area (TPSA) is 133 Å². The fraction of sp³-hybridized carbons (Fsp3) is 0.750. The fourth-order valence-corrected chi connectivity index (χ4v) is 2.14. The number of nitrogens with zero attached hydrogens (tertiary/aromatic N) is 1. The maximum absolute atomic E-state index is 12.3. The summed E-state index contributed by atoms with van der Waals surface area (Å²) >= 11 is 0. The van der Waals surface area contributed by atoms with E-state index < -0.39 is 42.0 Å². The first-order valence-corrected chi connectivity index (χ1v) is 6.53. The van der Waals surface area contributed by atoms with Gasteiger partial charge in [0.2, 0.25) is 11.8 Å². The molecule has 5 N–H and O–H groups in total. The van der Waals surface area contributed by atoms with E-state index in [-0.39, 0.29) is 0 Å². The average molecular weight is 287 g/mol. The van der Waals surface area contributed by atoms with Crippen molar-refractivity contribution >= 4 is 17.8 Å². The van der Waals surface area contributed by atoms with Crippen LogP contribution in [0.1, 0.15) is 26.7 Å². The predicted octanol–water partition coefficient (Wildman–Crippen LogP) is -1.73. The first-order valence-electron chi connectivity index (χ1n) is 6.53. The highest BCUT2D eigenvalue weighted by molar-refractivity contribution is 5.92. The summed E-state index contributed by atoms with van der Waals surface area (Å²) in [6, 6.07) is -2.91. The van der Waals surface area contributed by atoms with Crippen LogP contribution in [0.25, 0.3) is 0 Å². The Morgan fingerprint density at radius 3 is 2.40 bits per heavy atom. The molecule has 8 heteroatoms. The summed E-state index contributed by atoms with van der Waals surface area (Å²) in [7, 11) is 0. The minimum absolute atomic E-state index is 0.299. The number of rotatable bonds is 5. The summed E-state index contributed by atoms with van der Waals surface area (Å²) < 4.78 is 0. The predicted molar refractivity (Wildman–Crippen MR) is 69.6 cm³/mol. The third-order valence-electron chi connectivity index (χ3n) is 3.28. The van der Waals surface area contributed by atoms with Crippen LogP contribution < -0.4 is 11.1 Å². The van der Waals surface area contributed by atoms with Gasteiger partial charge in [-0.1, -0.05) is 0 Å². The Hall–Kier alpha value is -1.67. The molecule has 0 bridgehead atoms. The second-order valence-electron chi connectivity index (χ2n) is 5.04. The molecule has 0 aromatic rings. The Morgan fingerprint density at radius 1 is 1.35 bits per heavy atom. The molecule has 0 aliphatic carbocycles. The van der Waals surface area contributed by atoms with E-state index in [1.165, 1.54) is 18.7 Å². The van der Waals surface area contributed by atoms with Crippen LogP contribution in [0.5, 0.6) is 0 Å². The molecule has 1 heterocycles. The molecular formula is C12H21N3O5. The molecule has 1 saturated heterocycles. The first-order chi connectivity index (χ1) is 9.25. The highest BCUT2D eigenvalue weighted by atomic mass is 16.4. The molecule has 0 radical (unpaired) electrons. The molecule has 1 fully saturated rings. The molecule has 1 aliphatic heterocycles. The van der Waals surface area contributed by atoms with Crippen molar-refractivity contribution in [1.29, 1.82) is 0 Å². The van der Waals surface area contributed by atoms with Gasteiger partial charge in [-0.2, -0.15) is 0 Å². The third kappa shape index (κ3) is 3.67. The van der Waals surface area contributed by atoms with Crippen LogP contribution in [0.2, 0.25) is 0 Å². The lowest BCUT2D eigenvalue weighted by Crippen LogP contribution is -2.57. The van der Waals surface area contributed by atoms with Crippen LogP contribution in [-0.4, -0.2) is 63.7 Å². The Balaban J connectivity index is 2.83. The van der Waals surface area contributed by atoms with Crippen LogP contribution in [-0.2, 0) is 14.4 Å². The van der Waals surface area contributed by atoms with Crippen molar-refractivity contribution in [3.8, 4) is 0 Å². The quantitative estimate of drug-likeness (QED) is 0.475. The van der Waals surface area contributed by atoms with E-state index in [0.29, 0.717) is 19.4 Å². The molecule has 0 unspecified atom stereocenters. The Morgan fingerprint density at radius 2 is 1.95 bits per heavy atom. The van der Waals surface area contributed by atoms with E-state index in [1.807, 2.05) is 0 Å². The SMILES string of the molecule is C[C@H](N)C(=O)N[C@H](C(=O)N1CCC[C@@H]1C(=O)O)[C@@H](C)O. The standard InChI is InChI=1S/C12H21N3O5/c1-6(13)10(17)14-9(7(2)16)11(18)15-5-3-4-8(15)12(19)20/h6-9,16H,3-5,13H2,1-2H3,(H,14,17)(H,19,20)/t6-,7+,8+,9-/m0/s1. The highest BCUT2D eigenvalue weighted by Crippen LogP contribution is 2.19. The van der Waals surface area contributed by atoms with Gasteiger partial charge >= 0.3 is 5.97 Å².